The molecule has 0 aliphatic rings. The third-order valence-corrected chi connectivity index (χ3v) is 6.59. The van der Waals surface area contributed by atoms with Gasteiger partial charge in [0.25, 0.3) is 5.91 Å². The molecule has 1 N–H and O–H groups in total. The van der Waals surface area contributed by atoms with Crippen LogP contribution in [0, 0.1) is 13.8 Å². The minimum Gasteiger partial charge on any atom is -0.489 e. The lowest BCUT2D eigenvalue weighted by Crippen LogP contribution is -2.12. The predicted octanol–water partition coefficient (Wildman–Crippen LogP) is 6.14. The number of halogens is 2. The average molecular weight is 487 g/mol. The molecular weight excluding hydrogens is 467 g/mol. The number of carbonyl (C=O) groups is 1. The Balaban J connectivity index is 1.35. The maximum absolute atomic E-state index is 12.6. The van der Waals surface area contributed by atoms with Crippen molar-refractivity contribution >= 4 is 46.4 Å². The van der Waals surface area contributed by atoms with Crippen molar-refractivity contribution in [3.63, 3.8) is 0 Å². The van der Waals surface area contributed by atoms with Crippen LogP contribution < -0.4 is 10.1 Å². The molecule has 4 aromatic rings. The van der Waals surface area contributed by atoms with Gasteiger partial charge in [-0.1, -0.05) is 35.3 Å². The van der Waals surface area contributed by atoms with Crippen molar-refractivity contribution in [2.24, 2.45) is 0 Å². The van der Waals surface area contributed by atoms with E-state index in [1.54, 1.807) is 22.9 Å². The van der Waals surface area contributed by atoms with E-state index in [9.17, 15) is 4.79 Å². The number of ether oxygens (including phenoxy) is 1. The molecule has 0 saturated heterocycles. The van der Waals surface area contributed by atoms with E-state index in [1.165, 1.54) is 28.8 Å². The van der Waals surface area contributed by atoms with Crippen molar-refractivity contribution in [1.29, 1.82) is 0 Å². The third kappa shape index (κ3) is 5.30. The van der Waals surface area contributed by atoms with Gasteiger partial charge in [-0.25, -0.2) is 9.67 Å². The molecule has 2 aromatic heterocycles. The van der Waals surface area contributed by atoms with E-state index in [4.69, 9.17) is 27.9 Å². The minimum atomic E-state index is -0.277. The van der Waals surface area contributed by atoms with Crippen LogP contribution in [0.4, 0.5) is 5.95 Å². The van der Waals surface area contributed by atoms with Crippen molar-refractivity contribution in [2.75, 3.05) is 5.32 Å². The molecule has 0 radical (unpaired) electrons. The van der Waals surface area contributed by atoms with Crippen LogP contribution in [0.25, 0.3) is 0 Å². The molecule has 0 fully saturated rings. The molecule has 1 amide bonds. The lowest BCUT2D eigenvalue weighted by atomic mass is 10.1. The number of rotatable bonds is 7. The highest BCUT2D eigenvalue weighted by Gasteiger charge is 2.13. The van der Waals surface area contributed by atoms with Crippen molar-refractivity contribution < 1.29 is 9.53 Å². The number of hydrogen-bond acceptors (Lipinski definition) is 5. The largest absolute Gasteiger partial charge is 0.489 e. The first-order chi connectivity index (χ1) is 15.4. The van der Waals surface area contributed by atoms with Crippen molar-refractivity contribution in [1.82, 2.24) is 14.8 Å². The van der Waals surface area contributed by atoms with E-state index in [-0.39, 0.29) is 11.9 Å². The van der Waals surface area contributed by atoms with Gasteiger partial charge in [0, 0.05) is 21.2 Å². The Morgan fingerprint density at radius 2 is 1.91 bits per heavy atom. The SMILES string of the molecule is Cc1ccc(OCc2csc(C(=O)Nc3ncn(Cc4c(Cl)cccc4Cl)n3)c2)cc1C. The number of nitrogens with zero attached hydrogens (tertiary/aromatic N) is 3. The third-order valence-electron chi connectivity index (χ3n) is 4.91. The Kier molecular flexibility index (Phi) is 6.79. The van der Waals surface area contributed by atoms with Crippen LogP contribution in [0.5, 0.6) is 5.75 Å². The number of carbonyl (C=O) groups excluding carboxylic acids is 1. The second-order valence-electron chi connectivity index (χ2n) is 7.27. The van der Waals surface area contributed by atoms with Gasteiger partial charge in [0.1, 0.15) is 18.7 Å². The molecule has 2 heterocycles. The number of hydrogen-bond donors (Lipinski definition) is 1. The summed E-state index contributed by atoms with van der Waals surface area (Å²) in [7, 11) is 0. The van der Waals surface area contributed by atoms with Crippen molar-refractivity contribution in [3.8, 4) is 5.75 Å². The molecular formula is C23H20Cl2N4O2S. The van der Waals surface area contributed by atoms with Crippen LogP contribution in [0.15, 0.2) is 54.2 Å². The summed E-state index contributed by atoms with van der Waals surface area (Å²) in [5.41, 5.74) is 4.06. The zero-order valence-corrected chi connectivity index (χ0v) is 19.8. The first kappa shape index (κ1) is 22.3. The van der Waals surface area contributed by atoms with Crippen LogP contribution >= 0.6 is 34.5 Å². The first-order valence-corrected chi connectivity index (χ1v) is 11.4. The molecule has 0 aliphatic carbocycles. The van der Waals surface area contributed by atoms with Gasteiger partial charge >= 0.3 is 0 Å². The van der Waals surface area contributed by atoms with Crippen molar-refractivity contribution in [3.05, 3.63) is 91.3 Å². The molecule has 9 heteroatoms. The summed E-state index contributed by atoms with van der Waals surface area (Å²) in [5, 5.41) is 10.0. The predicted molar refractivity (Wildman–Crippen MR) is 128 cm³/mol. The van der Waals surface area contributed by atoms with Gasteiger partial charge in [0.15, 0.2) is 0 Å². The minimum absolute atomic E-state index is 0.208. The summed E-state index contributed by atoms with van der Waals surface area (Å²) in [6.45, 7) is 4.85. The van der Waals surface area contributed by atoms with Crippen LogP contribution in [-0.2, 0) is 13.2 Å². The van der Waals surface area contributed by atoms with Gasteiger partial charge in [-0.2, -0.15) is 0 Å². The Morgan fingerprint density at radius 3 is 2.66 bits per heavy atom. The topological polar surface area (TPSA) is 69.0 Å². The summed E-state index contributed by atoms with van der Waals surface area (Å²) < 4.78 is 7.41. The highest BCUT2D eigenvalue weighted by molar-refractivity contribution is 7.12. The fraction of sp³-hybridized carbons (Fsp3) is 0.174. The zero-order valence-electron chi connectivity index (χ0n) is 17.4. The number of thiophene rings is 1. The number of anilines is 1. The van der Waals surface area contributed by atoms with Crippen molar-refractivity contribution in [2.45, 2.75) is 27.0 Å². The number of aryl methyl sites for hydroxylation is 2. The average Bonchev–Trinajstić information content (AvgIpc) is 3.41. The van der Waals surface area contributed by atoms with E-state index < -0.39 is 0 Å². The monoisotopic (exact) mass is 486 g/mol. The van der Waals surface area contributed by atoms with E-state index in [0.29, 0.717) is 28.1 Å². The van der Waals surface area contributed by atoms with Gasteiger partial charge in [0.05, 0.1) is 11.4 Å². The molecule has 0 aliphatic heterocycles. The smallest absolute Gasteiger partial charge is 0.268 e. The number of amides is 1. The zero-order chi connectivity index (χ0) is 22.7. The maximum Gasteiger partial charge on any atom is 0.268 e. The van der Waals surface area contributed by atoms with Crippen LogP contribution in [0.1, 0.15) is 31.9 Å². The summed E-state index contributed by atoms with van der Waals surface area (Å²) in [4.78, 5) is 17.3. The summed E-state index contributed by atoms with van der Waals surface area (Å²) in [5.74, 6) is 0.735. The van der Waals surface area contributed by atoms with Gasteiger partial charge < -0.3 is 4.74 Å². The van der Waals surface area contributed by atoms with E-state index in [1.807, 2.05) is 36.6 Å². The standard InChI is InChI=1S/C23H20Cl2N4O2S/c1-14-6-7-17(8-15(14)2)31-11-16-9-21(32-12-16)22(30)27-23-26-13-29(28-23)10-18-19(24)4-3-5-20(18)25/h3-9,12-13H,10-11H2,1-2H3,(H,27,28,30). The molecule has 0 spiro atoms. The molecule has 4 rings (SSSR count). The normalized spacial score (nSPS) is 10.9. The lowest BCUT2D eigenvalue weighted by Gasteiger charge is -2.07. The Labute approximate surface area is 199 Å². The van der Waals surface area contributed by atoms with E-state index in [0.717, 1.165) is 16.9 Å². The Hall–Kier alpha value is -2.87. The molecule has 2 aromatic carbocycles. The lowest BCUT2D eigenvalue weighted by molar-refractivity contribution is 0.102. The molecule has 164 valence electrons. The van der Waals surface area contributed by atoms with Gasteiger partial charge in [0.2, 0.25) is 5.95 Å². The second kappa shape index (κ2) is 9.73. The maximum atomic E-state index is 12.6. The molecule has 0 bridgehead atoms. The molecule has 6 nitrogen and oxygen atoms in total. The fourth-order valence-corrected chi connectivity index (χ4v) is 4.29. The molecule has 32 heavy (non-hydrogen) atoms. The molecule has 0 unspecified atom stereocenters. The van der Waals surface area contributed by atoms with Crippen LogP contribution in [-0.4, -0.2) is 20.7 Å². The van der Waals surface area contributed by atoms with Gasteiger partial charge in [-0.3, -0.25) is 10.1 Å². The number of aromatic nitrogens is 3. The van der Waals surface area contributed by atoms with Gasteiger partial charge in [-0.05, 0) is 60.7 Å². The highest BCUT2D eigenvalue weighted by atomic mass is 35.5. The fourth-order valence-electron chi connectivity index (χ4n) is 2.98. The van der Waals surface area contributed by atoms with Crippen LogP contribution in [0.3, 0.4) is 0 Å². The summed E-state index contributed by atoms with van der Waals surface area (Å²) in [6.07, 6.45) is 1.52. The quantitative estimate of drug-likeness (QED) is 0.340. The number of nitrogens with one attached hydrogen (secondary N) is 1. The number of benzene rings is 2. The van der Waals surface area contributed by atoms with Gasteiger partial charge in [-0.15, -0.1) is 16.4 Å². The Morgan fingerprint density at radius 1 is 1.12 bits per heavy atom. The first-order valence-electron chi connectivity index (χ1n) is 9.80. The summed E-state index contributed by atoms with van der Waals surface area (Å²) in [6, 6.07) is 13.1. The van der Waals surface area contributed by atoms with Crippen LogP contribution in [0.2, 0.25) is 10.0 Å². The second-order valence-corrected chi connectivity index (χ2v) is 9.00. The summed E-state index contributed by atoms with van der Waals surface area (Å²) >= 11 is 13.8. The van der Waals surface area contributed by atoms with E-state index >= 15 is 0 Å². The van der Waals surface area contributed by atoms with E-state index in [2.05, 4.69) is 22.3 Å². The Bertz CT molecular complexity index is 1250. The highest BCUT2D eigenvalue weighted by Crippen LogP contribution is 2.25. The molecule has 0 atom stereocenters. The molecule has 0 saturated carbocycles.